The van der Waals surface area contributed by atoms with E-state index in [1.165, 1.54) is 9.80 Å². The summed E-state index contributed by atoms with van der Waals surface area (Å²) in [5.41, 5.74) is 0.554. The predicted octanol–water partition coefficient (Wildman–Crippen LogP) is 3.76. The summed E-state index contributed by atoms with van der Waals surface area (Å²) in [5, 5.41) is 2.76. The molecule has 3 unspecified atom stereocenters. The van der Waals surface area contributed by atoms with Crippen molar-refractivity contribution in [2.45, 2.75) is 44.0 Å². The van der Waals surface area contributed by atoms with Crippen molar-refractivity contribution in [1.82, 2.24) is 9.80 Å². The number of fused-ring (bicyclic) bond motifs is 1. The van der Waals surface area contributed by atoms with Crippen LogP contribution in [-0.2, 0) is 14.4 Å². The second-order valence-electron chi connectivity index (χ2n) is 8.62. The minimum atomic E-state index is -0.838. The van der Waals surface area contributed by atoms with Crippen LogP contribution in [-0.4, -0.2) is 52.9 Å². The first-order valence-corrected chi connectivity index (χ1v) is 11.3. The van der Waals surface area contributed by atoms with Crippen LogP contribution in [0.5, 0.6) is 0 Å². The predicted molar refractivity (Wildman–Crippen MR) is 120 cm³/mol. The highest BCUT2D eigenvalue weighted by molar-refractivity contribution is 8.13. The summed E-state index contributed by atoms with van der Waals surface area (Å²) in [6.45, 7) is 3.93. The van der Waals surface area contributed by atoms with Crippen LogP contribution in [0, 0.1) is 17.8 Å². The van der Waals surface area contributed by atoms with E-state index >= 15 is 0 Å². The number of likely N-dealkylation sites (tertiary alicyclic amines) is 1. The number of hydrogen-bond acceptors (Lipinski definition) is 5. The molecule has 4 amide bonds. The first kappa shape index (κ1) is 23.1. The average molecular weight is 444 g/mol. The molecule has 7 nitrogen and oxygen atoms in total. The maximum absolute atomic E-state index is 13.1. The molecule has 1 aliphatic heterocycles. The third kappa shape index (κ3) is 5.18. The Bertz CT molecular complexity index is 869. The Kier molecular flexibility index (Phi) is 7.20. The highest BCUT2D eigenvalue weighted by Gasteiger charge is 2.51. The van der Waals surface area contributed by atoms with Crippen LogP contribution in [0.4, 0.5) is 10.5 Å². The molecule has 1 heterocycles. The van der Waals surface area contributed by atoms with E-state index in [-0.39, 0.29) is 40.7 Å². The number of rotatable bonds is 6. The van der Waals surface area contributed by atoms with Gasteiger partial charge in [-0.3, -0.25) is 24.1 Å². The molecule has 0 bridgehead atoms. The van der Waals surface area contributed by atoms with E-state index in [9.17, 15) is 19.2 Å². The Morgan fingerprint density at radius 1 is 1.06 bits per heavy atom. The highest BCUT2D eigenvalue weighted by Crippen LogP contribution is 2.37. The Hall–Kier alpha value is -2.61. The van der Waals surface area contributed by atoms with Gasteiger partial charge in [0.1, 0.15) is 6.04 Å². The molecule has 0 aromatic heterocycles. The van der Waals surface area contributed by atoms with Crippen LogP contribution in [0.15, 0.2) is 41.3 Å². The van der Waals surface area contributed by atoms with Gasteiger partial charge in [-0.2, -0.15) is 0 Å². The number of allylic oxidation sites excluding steroid dienone is 2. The zero-order chi connectivity index (χ0) is 22.7. The van der Waals surface area contributed by atoms with Gasteiger partial charge < -0.3 is 10.2 Å². The molecule has 1 N–H and O–H groups in total. The number of nitrogens with one attached hydrogen (secondary N) is 1. The van der Waals surface area contributed by atoms with Gasteiger partial charge >= 0.3 is 0 Å². The molecule has 1 saturated heterocycles. The summed E-state index contributed by atoms with van der Waals surface area (Å²) in [5.74, 6) is -1.43. The fraction of sp³-hybridized carbons (Fsp3) is 0.478. The van der Waals surface area contributed by atoms with E-state index in [1.54, 1.807) is 38.4 Å². The van der Waals surface area contributed by atoms with Gasteiger partial charge in [0.15, 0.2) is 0 Å². The summed E-state index contributed by atoms with van der Waals surface area (Å²) in [4.78, 5) is 54.4. The fourth-order valence-electron chi connectivity index (χ4n) is 3.93. The van der Waals surface area contributed by atoms with Gasteiger partial charge in [0, 0.05) is 24.7 Å². The molecule has 1 aromatic carbocycles. The zero-order valence-corrected chi connectivity index (χ0v) is 19.1. The molecule has 166 valence electrons. The van der Waals surface area contributed by atoms with Crippen LogP contribution < -0.4 is 5.32 Å². The molecule has 8 heteroatoms. The van der Waals surface area contributed by atoms with E-state index in [2.05, 4.69) is 5.32 Å². The molecule has 0 saturated carbocycles. The van der Waals surface area contributed by atoms with Crippen molar-refractivity contribution in [1.29, 1.82) is 0 Å². The van der Waals surface area contributed by atoms with Gasteiger partial charge in [0.25, 0.3) is 5.24 Å². The second kappa shape index (κ2) is 9.68. The number of nitrogens with zero attached hydrogens (tertiary/aromatic N) is 2. The number of thioether (sulfide) groups is 1. The second-order valence-corrected chi connectivity index (χ2v) is 9.65. The number of benzene rings is 1. The standard InChI is InChI=1S/C23H29N3O4S/c1-14(2)13-19(26-21(28)17-7-5-6-8-18(17)22(26)29)20(27)24-15-9-11-16(12-10-15)31-23(30)25(3)4/h5-6,9-12,14,17-19H,7-8,13H2,1-4H3,(H,24,27). The van der Waals surface area contributed by atoms with Gasteiger partial charge in [-0.25, -0.2) is 0 Å². The van der Waals surface area contributed by atoms with Gasteiger partial charge in [0.2, 0.25) is 17.7 Å². The van der Waals surface area contributed by atoms with Crippen LogP contribution in [0.1, 0.15) is 33.1 Å². The maximum atomic E-state index is 13.1. The smallest absolute Gasteiger partial charge is 0.285 e. The number of hydrogen-bond donors (Lipinski definition) is 1. The van der Waals surface area contributed by atoms with Gasteiger partial charge in [-0.15, -0.1) is 0 Å². The summed E-state index contributed by atoms with van der Waals surface area (Å²) in [6.07, 6.45) is 5.38. The molecule has 3 atom stereocenters. The number of carbonyl (C=O) groups is 4. The van der Waals surface area contributed by atoms with Crippen molar-refractivity contribution in [3.8, 4) is 0 Å². The SMILES string of the molecule is CC(C)CC(C(=O)Nc1ccc(SC(=O)N(C)C)cc1)N1C(=O)C2CC=CCC2C1=O. The van der Waals surface area contributed by atoms with Gasteiger partial charge in [-0.1, -0.05) is 26.0 Å². The fourth-order valence-corrected chi connectivity index (χ4v) is 4.59. The molecular formula is C23H29N3O4S. The van der Waals surface area contributed by atoms with E-state index in [0.29, 0.717) is 24.9 Å². The van der Waals surface area contributed by atoms with Crippen molar-refractivity contribution in [2.24, 2.45) is 17.8 Å². The molecule has 1 aliphatic carbocycles. The number of imide groups is 1. The third-order valence-corrected chi connectivity index (χ3v) is 6.59. The monoisotopic (exact) mass is 443 g/mol. The quantitative estimate of drug-likeness (QED) is 0.411. The Labute approximate surface area is 187 Å². The normalized spacial score (nSPS) is 21.3. The van der Waals surface area contributed by atoms with E-state index in [0.717, 1.165) is 16.7 Å². The first-order valence-electron chi connectivity index (χ1n) is 10.5. The minimum absolute atomic E-state index is 0.0872. The number of amides is 4. The largest absolute Gasteiger partial charge is 0.339 e. The molecular weight excluding hydrogens is 414 g/mol. The van der Waals surface area contributed by atoms with Crippen molar-refractivity contribution in [3.05, 3.63) is 36.4 Å². The van der Waals surface area contributed by atoms with Crippen molar-refractivity contribution in [3.63, 3.8) is 0 Å². The third-order valence-electron chi connectivity index (χ3n) is 5.54. The van der Waals surface area contributed by atoms with Crippen LogP contribution in [0.3, 0.4) is 0 Å². The summed E-state index contributed by atoms with van der Waals surface area (Å²) in [7, 11) is 3.37. The molecule has 1 aromatic rings. The van der Waals surface area contributed by atoms with Crippen LogP contribution >= 0.6 is 11.8 Å². The Morgan fingerprint density at radius 2 is 1.61 bits per heavy atom. The Morgan fingerprint density at radius 3 is 2.10 bits per heavy atom. The molecule has 2 aliphatic rings. The highest BCUT2D eigenvalue weighted by atomic mass is 32.2. The summed E-state index contributed by atoms with van der Waals surface area (Å²) in [6, 6.07) is 6.10. The maximum Gasteiger partial charge on any atom is 0.285 e. The summed E-state index contributed by atoms with van der Waals surface area (Å²) < 4.78 is 0. The van der Waals surface area contributed by atoms with Crippen molar-refractivity contribution < 1.29 is 19.2 Å². The molecule has 31 heavy (non-hydrogen) atoms. The van der Waals surface area contributed by atoms with E-state index < -0.39 is 6.04 Å². The number of carbonyl (C=O) groups excluding carboxylic acids is 4. The molecule has 0 spiro atoms. The van der Waals surface area contributed by atoms with E-state index in [4.69, 9.17) is 0 Å². The minimum Gasteiger partial charge on any atom is -0.339 e. The number of anilines is 1. The lowest BCUT2D eigenvalue weighted by atomic mass is 9.85. The van der Waals surface area contributed by atoms with Crippen LogP contribution in [0.2, 0.25) is 0 Å². The molecule has 3 rings (SSSR count). The van der Waals surface area contributed by atoms with Gasteiger partial charge in [0.05, 0.1) is 11.8 Å². The zero-order valence-electron chi connectivity index (χ0n) is 18.3. The first-order chi connectivity index (χ1) is 14.7. The molecule has 1 fully saturated rings. The lowest BCUT2D eigenvalue weighted by Crippen LogP contribution is -2.48. The van der Waals surface area contributed by atoms with Gasteiger partial charge in [-0.05, 0) is 61.2 Å². The Balaban J connectivity index is 1.74. The van der Waals surface area contributed by atoms with E-state index in [1.807, 2.05) is 26.0 Å². The lowest BCUT2D eigenvalue weighted by Gasteiger charge is -2.27. The van der Waals surface area contributed by atoms with Crippen molar-refractivity contribution >= 4 is 40.4 Å². The molecule has 0 radical (unpaired) electrons. The lowest BCUT2D eigenvalue weighted by molar-refractivity contribution is -0.147. The average Bonchev–Trinajstić information content (AvgIpc) is 2.98. The summed E-state index contributed by atoms with van der Waals surface area (Å²) >= 11 is 1.10. The topological polar surface area (TPSA) is 86.8 Å². The van der Waals surface area contributed by atoms with Crippen molar-refractivity contribution in [2.75, 3.05) is 19.4 Å². The van der Waals surface area contributed by atoms with Crippen LogP contribution in [0.25, 0.3) is 0 Å².